The van der Waals surface area contributed by atoms with Gasteiger partial charge in [0.1, 0.15) is 0 Å². The van der Waals surface area contributed by atoms with Crippen LogP contribution in [0.15, 0.2) is 0 Å². The minimum atomic E-state index is -3.68. The molecule has 11 heteroatoms. The van der Waals surface area contributed by atoms with Crippen molar-refractivity contribution in [3.05, 3.63) is 0 Å². The molecular formula is C18H32O8S2Sn. The van der Waals surface area contributed by atoms with Gasteiger partial charge in [-0.05, 0) is 0 Å². The van der Waals surface area contributed by atoms with Crippen LogP contribution < -0.4 is 0 Å². The average molecular weight is 559 g/mol. The van der Waals surface area contributed by atoms with Gasteiger partial charge < -0.3 is 0 Å². The molecule has 0 aliphatic heterocycles. The van der Waals surface area contributed by atoms with E-state index in [4.69, 9.17) is 15.6 Å². The molecule has 0 saturated carbocycles. The topological polar surface area (TPSA) is 105 Å². The molecule has 0 aromatic rings. The number of thioether (sulfide) groups is 2. The number of hydrogen-bond acceptors (Lipinski definition) is 10. The second-order valence-corrected chi connectivity index (χ2v) is 17.8. The third kappa shape index (κ3) is 17.9. The van der Waals surface area contributed by atoms with Crippen LogP contribution >= 0.6 is 23.5 Å². The third-order valence-corrected chi connectivity index (χ3v) is 9.21. The van der Waals surface area contributed by atoms with E-state index in [1.165, 1.54) is 23.5 Å². The van der Waals surface area contributed by atoms with Gasteiger partial charge in [-0.3, -0.25) is 0 Å². The Morgan fingerprint density at radius 1 is 0.621 bits per heavy atom. The Morgan fingerprint density at radius 3 is 1.24 bits per heavy atom. The summed E-state index contributed by atoms with van der Waals surface area (Å²) in [5, 5.41) is 0. The number of ether oxygens (including phenoxy) is 2. The molecule has 8 nitrogen and oxygen atoms in total. The van der Waals surface area contributed by atoms with Gasteiger partial charge >= 0.3 is 187 Å². The van der Waals surface area contributed by atoms with Gasteiger partial charge in [0.05, 0.1) is 0 Å². The van der Waals surface area contributed by atoms with Crippen LogP contribution in [0.2, 0.25) is 9.88 Å². The van der Waals surface area contributed by atoms with Crippen LogP contribution in [0.5, 0.6) is 0 Å². The van der Waals surface area contributed by atoms with Crippen molar-refractivity contribution in [2.75, 3.05) is 36.2 Å². The summed E-state index contributed by atoms with van der Waals surface area (Å²) in [6.07, 6.45) is 1.03. The summed E-state index contributed by atoms with van der Waals surface area (Å²) in [6.45, 7) is 4.24. The molecule has 0 amide bonds. The van der Waals surface area contributed by atoms with Gasteiger partial charge in [-0.15, -0.1) is 0 Å². The Morgan fingerprint density at radius 2 is 0.931 bits per heavy atom. The molecule has 0 aromatic carbocycles. The van der Waals surface area contributed by atoms with Gasteiger partial charge in [0.15, 0.2) is 0 Å². The normalized spacial score (nSPS) is 10.9. The molecule has 0 fully saturated rings. The van der Waals surface area contributed by atoms with Crippen LogP contribution in [0, 0.1) is 0 Å². The SMILES string of the molecule is CCOC(=O)CCSCCC(=O)[O][Sn]([CH3])([CH3])[O]C(=O)CCSCCC(=O)OCC. The van der Waals surface area contributed by atoms with Gasteiger partial charge in [-0.2, -0.15) is 0 Å². The summed E-state index contributed by atoms with van der Waals surface area (Å²) in [5.41, 5.74) is 0. The number of esters is 2. The molecule has 29 heavy (non-hydrogen) atoms. The quantitative estimate of drug-likeness (QED) is 0.159. The molecule has 0 N–H and O–H groups in total. The first kappa shape index (κ1) is 28.4. The summed E-state index contributed by atoms with van der Waals surface area (Å²) in [6, 6.07) is 0. The monoisotopic (exact) mass is 560 g/mol. The summed E-state index contributed by atoms with van der Waals surface area (Å²) in [5.74, 6) is 0.980. The van der Waals surface area contributed by atoms with Crippen LogP contribution in [0.1, 0.15) is 39.5 Å². The van der Waals surface area contributed by atoms with Crippen LogP contribution in [-0.2, 0) is 34.8 Å². The zero-order valence-electron chi connectivity index (χ0n) is 17.7. The number of hydrogen-bond donors (Lipinski definition) is 0. The van der Waals surface area contributed by atoms with Crippen molar-refractivity contribution in [2.24, 2.45) is 0 Å². The third-order valence-electron chi connectivity index (χ3n) is 3.13. The van der Waals surface area contributed by atoms with Crippen molar-refractivity contribution < 1.29 is 34.8 Å². The Bertz CT molecular complexity index is 484. The molecule has 0 aliphatic rings. The zero-order chi connectivity index (χ0) is 22.1. The van der Waals surface area contributed by atoms with E-state index < -0.39 is 19.2 Å². The summed E-state index contributed by atoms with van der Waals surface area (Å²) in [7, 11) is 0. The van der Waals surface area contributed by atoms with Crippen LogP contribution in [-0.4, -0.2) is 79.3 Å². The molecule has 0 aliphatic carbocycles. The van der Waals surface area contributed by atoms with Gasteiger partial charge in [-0.25, -0.2) is 0 Å². The summed E-state index contributed by atoms with van der Waals surface area (Å²) in [4.78, 5) is 49.7. The Kier molecular flexibility index (Phi) is 16.7. The van der Waals surface area contributed by atoms with Crippen molar-refractivity contribution in [2.45, 2.75) is 49.4 Å². The average Bonchev–Trinajstić information content (AvgIpc) is 2.60. The van der Waals surface area contributed by atoms with Crippen molar-refractivity contribution in [3.8, 4) is 0 Å². The van der Waals surface area contributed by atoms with E-state index in [1.54, 1.807) is 23.7 Å². The van der Waals surface area contributed by atoms with Crippen LogP contribution in [0.4, 0.5) is 0 Å². The molecule has 0 aromatic heterocycles. The van der Waals surface area contributed by atoms with E-state index in [-0.39, 0.29) is 36.7 Å². The summed E-state index contributed by atoms with van der Waals surface area (Å²) >= 11 is -0.730. The Hall–Kier alpha value is -0.621. The van der Waals surface area contributed by atoms with Gasteiger partial charge in [-0.1, -0.05) is 0 Å². The zero-order valence-corrected chi connectivity index (χ0v) is 22.1. The van der Waals surface area contributed by atoms with Crippen molar-refractivity contribution in [1.82, 2.24) is 0 Å². The van der Waals surface area contributed by atoms with E-state index in [0.717, 1.165) is 0 Å². The fourth-order valence-corrected chi connectivity index (χ4v) is 7.45. The van der Waals surface area contributed by atoms with Gasteiger partial charge in [0.25, 0.3) is 0 Å². The van der Waals surface area contributed by atoms with Gasteiger partial charge in [0.2, 0.25) is 0 Å². The summed E-state index contributed by atoms with van der Waals surface area (Å²) < 4.78 is 20.5. The van der Waals surface area contributed by atoms with E-state index in [2.05, 4.69) is 0 Å². The second-order valence-electron chi connectivity index (χ2n) is 6.18. The predicted molar refractivity (Wildman–Crippen MR) is 116 cm³/mol. The molecule has 0 rings (SSSR count). The first-order valence-electron chi connectivity index (χ1n) is 9.60. The first-order chi connectivity index (χ1) is 13.7. The molecular weight excluding hydrogens is 527 g/mol. The first-order valence-corrected chi connectivity index (χ1v) is 19.9. The maximum atomic E-state index is 11.9. The molecule has 0 saturated heterocycles. The second kappa shape index (κ2) is 17.1. The van der Waals surface area contributed by atoms with Crippen LogP contribution in [0.25, 0.3) is 0 Å². The van der Waals surface area contributed by atoms with Crippen molar-refractivity contribution in [3.63, 3.8) is 0 Å². The Balaban J connectivity index is 3.88. The molecule has 0 radical (unpaired) electrons. The predicted octanol–water partition coefficient (Wildman–Crippen LogP) is 2.93. The van der Waals surface area contributed by atoms with E-state index in [1.807, 2.05) is 0 Å². The molecule has 0 unspecified atom stereocenters. The molecule has 0 atom stereocenters. The molecule has 0 spiro atoms. The number of carbonyl (C=O) groups is 4. The fourth-order valence-electron chi connectivity index (χ4n) is 1.96. The van der Waals surface area contributed by atoms with Crippen LogP contribution in [0.3, 0.4) is 0 Å². The Labute approximate surface area is 186 Å². The van der Waals surface area contributed by atoms with E-state index in [0.29, 0.717) is 49.1 Å². The van der Waals surface area contributed by atoms with E-state index in [9.17, 15) is 19.2 Å². The van der Waals surface area contributed by atoms with Crippen molar-refractivity contribution >= 4 is 66.6 Å². The minimum absolute atomic E-state index is 0.203. The number of carbonyl (C=O) groups excluding carboxylic acids is 4. The molecule has 0 bridgehead atoms. The van der Waals surface area contributed by atoms with E-state index >= 15 is 0 Å². The van der Waals surface area contributed by atoms with Crippen molar-refractivity contribution in [1.29, 1.82) is 0 Å². The molecule has 0 heterocycles. The fraction of sp³-hybridized carbons (Fsp3) is 0.778. The van der Waals surface area contributed by atoms with Gasteiger partial charge in [0, 0.05) is 0 Å². The standard InChI is InChI=1S/2C8H14O4S.2CH3.Sn/c2*1-2-12-8(11)4-6-13-5-3-7(9)10;;;/h2*2-6H2,1H3,(H,9,10);2*1H3;/q;;;;+2/p-2. The molecule has 168 valence electrons. The maximum absolute atomic E-state index is 11.9. The number of rotatable bonds is 16.